The van der Waals surface area contributed by atoms with Crippen LogP contribution in [0.1, 0.15) is 23.0 Å². The van der Waals surface area contributed by atoms with E-state index in [-0.39, 0.29) is 5.91 Å². The van der Waals surface area contributed by atoms with E-state index < -0.39 is 0 Å². The Kier molecular flexibility index (Phi) is 5.47. The Morgan fingerprint density at radius 3 is 2.90 bits per heavy atom. The molecule has 0 unspecified atom stereocenters. The molecule has 2 aromatic carbocycles. The fourth-order valence-electron chi connectivity index (χ4n) is 3.11. The first-order chi connectivity index (χ1) is 14.7. The number of para-hydroxylation sites is 1. The van der Waals surface area contributed by atoms with Crippen molar-refractivity contribution in [1.29, 1.82) is 0 Å². The number of aromatic amines is 2. The van der Waals surface area contributed by atoms with Crippen LogP contribution in [0.4, 0.5) is 0 Å². The first kappa shape index (κ1) is 19.3. The Morgan fingerprint density at radius 2 is 2.07 bits per heavy atom. The van der Waals surface area contributed by atoms with Gasteiger partial charge in [-0.25, -0.2) is 5.43 Å². The number of hydrazone groups is 1. The molecule has 0 bridgehead atoms. The number of methoxy groups -OCH3 is 1. The molecule has 0 fully saturated rings. The fourth-order valence-corrected chi connectivity index (χ4v) is 3.11. The third-order valence-electron chi connectivity index (χ3n) is 4.57. The van der Waals surface area contributed by atoms with Gasteiger partial charge in [0.25, 0.3) is 5.91 Å². The van der Waals surface area contributed by atoms with Gasteiger partial charge in [-0.2, -0.15) is 10.2 Å². The van der Waals surface area contributed by atoms with Crippen LogP contribution < -0.4 is 14.9 Å². The summed E-state index contributed by atoms with van der Waals surface area (Å²) in [4.78, 5) is 15.6. The minimum atomic E-state index is -0.386. The molecule has 0 spiro atoms. The lowest BCUT2D eigenvalue weighted by atomic mass is 10.1. The van der Waals surface area contributed by atoms with Gasteiger partial charge in [-0.05, 0) is 37.3 Å². The first-order valence-electron chi connectivity index (χ1n) is 9.45. The van der Waals surface area contributed by atoms with Gasteiger partial charge in [0.2, 0.25) is 0 Å². The minimum Gasteiger partial charge on any atom is -0.493 e. The molecule has 4 rings (SSSR count). The number of amides is 1. The number of hydrogen-bond donors (Lipinski definition) is 3. The van der Waals surface area contributed by atoms with E-state index in [1.165, 1.54) is 0 Å². The normalized spacial score (nSPS) is 11.1. The van der Waals surface area contributed by atoms with E-state index in [9.17, 15) is 4.79 Å². The van der Waals surface area contributed by atoms with E-state index in [2.05, 4.69) is 25.7 Å². The number of hydrogen-bond acceptors (Lipinski definition) is 5. The van der Waals surface area contributed by atoms with Crippen molar-refractivity contribution in [1.82, 2.24) is 20.6 Å². The molecule has 0 aliphatic rings. The molecule has 30 heavy (non-hydrogen) atoms. The highest BCUT2D eigenvalue weighted by Crippen LogP contribution is 2.32. The number of rotatable bonds is 7. The van der Waals surface area contributed by atoms with Gasteiger partial charge in [-0.15, -0.1) is 0 Å². The number of benzene rings is 2. The molecule has 2 heterocycles. The molecule has 4 aromatic rings. The Hall–Kier alpha value is -4.07. The monoisotopic (exact) mass is 403 g/mol. The fraction of sp³-hybridized carbons (Fsp3) is 0.136. The van der Waals surface area contributed by atoms with Crippen molar-refractivity contribution in [3.63, 3.8) is 0 Å². The number of nitrogens with one attached hydrogen (secondary N) is 3. The van der Waals surface area contributed by atoms with Crippen molar-refractivity contribution in [2.75, 3.05) is 13.7 Å². The standard InChI is InChI=1S/C22H21N5O3/c1-3-30-20-9-8-14(10-21(20)29-2)18-11-19(26-25-18)22(28)27-24-13-15-12-23-17-7-5-4-6-16(15)17/h4-13,23H,3H2,1-2H3,(H,25,26)(H,27,28)/b24-13-. The summed E-state index contributed by atoms with van der Waals surface area (Å²) in [5.74, 6) is 0.873. The second kappa shape index (κ2) is 8.52. The number of nitrogens with zero attached hydrogens (tertiary/aromatic N) is 2. The van der Waals surface area contributed by atoms with Crippen molar-refractivity contribution < 1.29 is 14.3 Å². The van der Waals surface area contributed by atoms with E-state index in [1.54, 1.807) is 19.4 Å². The molecule has 0 aliphatic carbocycles. The Morgan fingerprint density at radius 1 is 1.20 bits per heavy atom. The first-order valence-corrected chi connectivity index (χ1v) is 9.45. The molecule has 1 amide bonds. The lowest BCUT2D eigenvalue weighted by Crippen LogP contribution is -2.17. The molecular formula is C22H21N5O3. The highest BCUT2D eigenvalue weighted by molar-refractivity contribution is 6.00. The minimum absolute atomic E-state index is 0.300. The zero-order valence-electron chi connectivity index (χ0n) is 16.6. The molecule has 0 aliphatic heterocycles. The van der Waals surface area contributed by atoms with Crippen LogP contribution in [-0.2, 0) is 0 Å². The highest BCUT2D eigenvalue weighted by atomic mass is 16.5. The summed E-state index contributed by atoms with van der Waals surface area (Å²) in [6.07, 6.45) is 3.44. The largest absolute Gasteiger partial charge is 0.493 e. The number of fused-ring (bicyclic) bond motifs is 1. The summed E-state index contributed by atoms with van der Waals surface area (Å²) in [5.41, 5.74) is 6.12. The maximum absolute atomic E-state index is 12.4. The van der Waals surface area contributed by atoms with Gasteiger partial charge in [0.05, 0.1) is 25.6 Å². The number of ether oxygens (including phenoxy) is 2. The van der Waals surface area contributed by atoms with Crippen LogP contribution in [0.15, 0.2) is 59.8 Å². The molecule has 8 heteroatoms. The van der Waals surface area contributed by atoms with Crippen molar-refractivity contribution in [2.24, 2.45) is 5.10 Å². The number of carbonyl (C=O) groups is 1. The zero-order valence-corrected chi connectivity index (χ0v) is 16.6. The summed E-state index contributed by atoms with van der Waals surface area (Å²) >= 11 is 0. The topological polar surface area (TPSA) is 104 Å². The molecule has 152 valence electrons. The zero-order chi connectivity index (χ0) is 20.9. The predicted octanol–water partition coefficient (Wildman–Crippen LogP) is 3.73. The average molecular weight is 403 g/mol. The van der Waals surface area contributed by atoms with Gasteiger partial charge in [-0.3, -0.25) is 9.89 Å². The maximum Gasteiger partial charge on any atom is 0.289 e. The number of carbonyl (C=O) groups excluding carboxylic acids is 1. The average Bonchev–Trinajstić information content (AvgIpc) is 3.42. The van der Waals surface area contributed by atoms with Crippen LogP contribution >= 0.6 is 0 Å². The Balaban J connectivity index is 1.46. The second-order valence-corrected chi connectivity index (χ2v) is 6.45. The maximum atomic E-state index is 12.4. The molecule has 0 saturated carbocycles. The van der Waals surface area contributed by atoms with Gasteiger partial charge in [-0.1, -0.05) is 18.2 Å². The van der Waals surface area contributed by atoms with E-state index >= 15 is 0 Å². The van der Waals surface area contributed by atoms with Gasteiger partial charge in [0, 0.05) is 28.2 Å². The Bertz CT molecular complexity index is 1210. The second-order valence-electron chi connectivity index (χ2n) is 6.45. The van der Waals surface area contributed by atoms with Crippen LogP contribution in [0, 0.1) is 0 Å². The third kappa shape index (κ3) is 3.88. The van der Waals surface area contributed by atoms with E-state index in [0.29, 0.717) is 29.5 Å². The molecule has 8 nitrogen and oxygen atoms in total. The van der Waals surface area contributed by atoms with Gasteiger partial charge in [0.15, 0.2) is 11.5 Å². The van der Waals surface area contributed by atoms with Crippen LogP contribution in [-0.4, -0.2) is 41.0 Å². The number of H-pyrrole nitrogens is 2. The SMILES string of the molecule is CCOc1ccc(-c2cc(C(=O)N/N=C\c3c[nH]c4ccccc34)[nH]n2)cc1OC. The van der Waals surface area contributed by atoms with Crippen molar-refractivity contribution >= 4 is 23.0 Å². The Labute approximate surface area is 172 Å². The van der Waals surface area contributed by atoms with Crippen LogP contribution in [0.5, 0.6) is 11.5 Å². The summed E-state index contributed by atoms with van der Waals surface area (Å²) in [5, 5.41) is 12.0. The van der Waals surface area contributed by atoms with Gasteiger partial charge in [0.1, 0.15) is 5.69 Å². The van der Waals surface area contributed by atoms with Gasteiger partial charge < -0.3 is 14.5 Å². The van der Waals surface area contributed by atoms with Crippen molar-refractivity contribution in [2.45, 2.75) is 6.92 Å². The van der Waals surface area contributed by atoms with E-state index in [0.717, 1.165) is 22.0 Å². The lowest BCUT2D eigenvalue weighted by molar-refractivity contribution is 0.0950. The molecule has 0 atom stereocenters. The molecule has 0 radical (unpaired) electrons. The summed E-state index contributed by atoms with van der Waals surface area (Å²) in [7, 11) is 1.58. The van der Waals surface area contributed by atoms with Crippen LogP contribution in [0.3, 0.4) is 0 Å². The molecular weight excluding hydrogens is 382 g/mol. The molecule has 0 saturated heterocycles. The highest BCUT2D eigenvalue weighted by Gasteiger charge is 2.13. The smallest absolute Gasteiger partial charge is 0.289 e. The molecule has 3 N–H and O–H groups in total. The van der Waals surface area contributed by atoms with Crippen LogP contribution in [0.2, 0.25) is 0 Å². The summed E-state index contributed by atoms with van der Waals surface area (Å²) in [6, 6.07) is 15.0. The van der Waals surface area contributed by atoms with Crippen LogP contribution in [0.25, 0.3) is 22.2 Å². The quantitative estimate of drug-likeness (QED) is 0.323. The third-order valence-corrected chi connectivity index (χ3v) is 4.57. The molecule has 2 aromatic heterocycles. The predicted molar refractivity (Wildman–Crippen MR) is 115 cm³/mol. The number of aromatic nitrogens is 3. The summed E-state index contributed by atoms with van der Waals surface area (Å²) < 4.78 is 10.9. The van der Waals surface area contributed by atoms with Crippen molar-refractivity contribution in [3.05, 3.63) is 66.0 Å². The van der Waals surface area contributed by atoms with E-state index in [4.69, 9.17) is 9.47 Å². The van der Waals surface area contributed by atoms with E-state index in [1.807, 2.05) is 55.6 Å². The summed E-state index contributed by atoms with van der Waals surface area (Å²) in [6.45, 7) is 2.45. The van der Waals surface area contributed by atoms with Crippen molar-refractivity contribution in [3.8, 4) is 22.8 Å². The van der Waals surface area contributed by atoms with Gasteiger partial charge >= 0.3 is 0 Å². The lowest BCUT2D eigenvalue weighted by Gasteiger charge is -2.09.